The first-order valence-corrected chi connectivity index (χ1v) is 5.98. The molecule has 0 unspecified atom stereocenters. The fourth-order valence-electron chi connectivity index (χ4n) is 1.79. The number of carbonyl (C=O) groups is 1. The zero-order valence-electron chi connectivity index (χ0n) is 11.2. The number of aromatic nitrogens is 2. The number of benzene rings is 1. The molecule has 7 nitrogen and oxygen atoms in total. The first-order valence-electron chi connectivity index (χ1n) is 5.98. The van der Waals surface area contributed by atoms with E-state index in [1.807, 2.05) is 0 Å². The summed E-state index contributed by atoms with van der Waals surface area (Å²) in [7, 11) is 1.79. The molecule has 0 saturated heterocycles. The maximum absolute atomic E-state index is 11.9. The average molecular weight is 274 g/mol. The summed E-state index contributed by atoms with van der Waals surface area (Å²) in [6.45, 7) is 1.96. The van der Waals surface area contributed by atoms with Crippen LogP contribution >= 0.6 is 0 Å². The van der Waals surface area contributed by atoms with E-state index in [0.29, 0.717) is 12.1 Å². The quantitative estimate of drug-likeness (QED) is 0.676. The Balaban J connectivity index is 2.09. The molecule has 20 heavy (non-hydrogen) atoms. The third kappa shape index (κ3) is 3.00. The van der Waals surface area contributed by atoms with Gasteiger partial charge in [-0.1, -0.05) is 6.07 Å². The average Bonchev–Trinajstić information content (AvgIpc) is 2.82. The molecule has 1 heterocycles. The summed E-state index contributed by atoms with van der Waals surface area (Å²) in [4.78, 5) is 22.3. The molecule has 0 radical (unpaired) electrons. The summed E-state index contributed by atoms with van der Waals surface area (Å²) in [6.07, 6.45) is 3.44. The Morgan fingerprint density at radius 3 is 2.85 bits per heavy atom. The molecule has 0 atom stereocenters. The molecule has 0 spiro atoms. The molecule has 0 aliphatic carbocycles. The number of carbonyl (C=O) groups excluding carboxylic acids is 1. The molecule has 1 aromatic heterocycles. The maximum atomic E-state index is 11.9. The second kappa shape index (κ2) is 5.52. The van der Waals surface area contributed by atoms with Gasteiger partial charge in [0.2, 0.25) is 0 Å². The van der Waals surface area contributed by atoms with Gasteiger partial charge in [0.1, 0.15) is 0 Å². The second-order valence-corrected chi connectivity index (χ2v) is 4.46. The van der Waals surface area contributed by atoms with Gasteiger partial charge < -0.3 is 5.32 Å². The van der Waals surface area contributed by atoms with Crippen LogP contribution in [0.5, 0.6) is 0 Å². The molecule has 7 heteroatoms. The molecule has 0 fully saturated rings. The minimum atomic E-state index is -0.493. The van der Waals surface area contributed by atoms with Crippen LogP contribution in [0.1, 0.15) is 21.5 Å². The van der Waals surface area contributed by atoms with Crippen molar-refractivity contribution >= 4 is 11.6 Å². The zero-order chi connectivity index (χ0) is 14.7. The van der Waals surface area contributed by atoms with E-state index in [-0.39, 0.29) is 17.2 Å². The van der Waals surface area contributed by atoms with Gasteiger partial charge in [-0.25, -0.2) is 0 Å². The van der Waals surface area contributed by atoms with Crippen molar-refractivity contribution in [2.75, 3.05) is 0 Å². The van der Waals surface area contributed by atoms with E-state index in [4.69, 9.17) is 0 Å². The van der Waals surface area contributed by atoms with E-state index in [2.05, 4.69) is 10.4 Å². The summed E-state index contributed by atoms with van der Waals surface area (Å²) in [5.74, 6) is -0.350. The largest absolute Gasteiger partial charge is 0.348 e. The van der Waals surface area contributed by atoms with Gasteiger partial charge in [0, 0.05) is 42.5 Å². The SMILES string of the molecule is Cc1ccc(C(=O)NCc2cnn(C)c2)cc1[N+](=O)[O-]. The summed E-state index contributed by atoms with van der Waals surface area (Å²) >= 11 is 0. The molecule has 2 rings (SSSR count). The zero-order valence-corrected chi connectivity index (χ0v) is 11.2. The Bertz CT molecular complexity index is 663. The predicted molar refractivity (Wildman–Crippen MR) is 72.2 cm³/mol. The van der Waals surface area contributed by atoms with Crippen LogP contribution in [0.15, 0.2) is 30.6 Å². The summed E-state index contributed by atoms with van der Waals surface area (Å²) in [5.41, 5.74) is 1.60. The molecule has 104 valence electrons. The van der Waals surface area contributed by atoms with Crippen molar-refractivity contribution in [2.45, 2.75) is 13.5 Å². The van der Waals surface area contributed by atoms with Crippen LogP contribution in [0.25, 0.3) is 0 Å². The fourth-order valence-corrected chi connectivity index (χ4v) is 1.79. The Morgan fingerprint density at radius 2 is 2.25 bits per heavy atom. The maximum Gasteiger partial charge on any atom is 0.273 e. The number of rotatable bonds is 4. The lowest BCUT2D eigenvalue weighted by Crippen LogP contribution is -2.22. The van der Waals surface area contributed by atoms with Crippen molar-refractivity contribution in [3.05, 3.63) is 57.4 Å². The molecule has 0 bridgehead atoms. The molecule has 1 amide bonds. The van der Waals surface area contributed by atoms with E-state index in [0.717, 1.165) is 5.56 Å². The van der Waals surface area contributed by atoms with Gasteiger partial charge in [-0.05, 0) is 13.0 Å². The second-order valence-electron chi connectivity index (χ2n) is 4.46. The number of hydrogen-bond acceptors (Lipinski definition) is 4. The number of hydrogen-bond donors (Lipinski definition) is 1. The molecular weight excluding hydrogens is 260 g/mol. The number of nitrogens with zero attached hydrogens (tertiary/aromatic N) is 3. The number of nitrogens with one attached hydrogen (secondary N) is 1. The smallest absolute Gasteiger partial charge is 0.273 e. The molecule has 1 N–H and O–H groups in total. The number of nitro groups is 1. The molecule has 1 aromatic carbocycles. The van der Waals surface area contributed by atoms with Crippen LogP contribution in [0, 0.1) is 17.0 Å². The Morgan fingerprint density at radius 1 is 1.50 bits per heavy atom. The molecule has 0 saturated carbocycles. The van der Waals surface area contributed by atoms with Gasteiger partial charge in [-0.3, -0.25) is 19.6 Å². The van der Waals surface area contributed by atoms with Crippen molar-refractivity contribution in [3.63, 3.8) is 0 Å². The third-order valence-electron chi connectivity index (χ3n) is 2.88. The normalized spacial score (nSPS) is 10.3. The Kier molecular flexibility index (Phi) is 3.79. The molecule has 0 aliphatic rings. The summed E-state index contributed by atoms with van der Waals surface area (Å²) in [6, 6.07) is 4.42. The number of amides is 1. The predicted octanol–water partition coefficient (Wildman–Crippen LogP) is 1.57. The van der Waals surface area contributed by atoms with Gasteiger partial charge >= 0.3 is 0 Å². The van der Waals surface area contributed by atoms with Gasteiger partial charge in [0.25, 0.3) is 11.6 Å². The van der Waals surface area contributed by atoms with Crippen molar-refractivity contribution in [3.8, 4) is 0 Å². The topological polar surface area (TPSA) is 90.1 Å². The van der Waals surface area contributed by atoms with E-state index in [9.17, 15) is 14.9 Å². The van der Waals surface area contributed by atoms with Gasteiger partial charge in [0.05, 0.1) is 11.1 Å². The van der Waals surface area contributed by atoms with Crippen LogP contribution in [0.4, 0.5) is 5.69 Å². The van der Waals surface area contributed by atoms with Crippen LogP contribution in [-0.4, -0.2) is 20.6 Å². The minimum Gasteiger partial charge on any atom is -0.348 e. The van der Waals surface area contributed by atoms with Crippen molar-refractivity contribution in [2.24, 2.45) is 7.05 Å². The van der Waals surface area contributed by atoms with Crippen LogP contribution in [-0.2, 0) is 13.6 Å². The Hall–Kier alpha value is -2.70. The van der Waals surface area contributed by atoms with Crippen molar-refractivity contribution in [1.29, 1.82) is 0 Å². The summed E-state index contributed by atoms with van der Waals surface area (Å²) < 4.78 is 1.64. The van der Waals surface area contributed by atoms with E-state index >= 15 is 0 Å². The molecular formula is C13H14N4O3. The highest BCUT2D eigenvalue weighted by atomic mass is 16.6. The van der Waals surface area contributed by atoms with Crippen molar-refractivity contribution < 1.29 is 9.72 Å². The highest BCUT2D eigenvalue weighted by Crippen LogP contribution is 2.19. The lowest BCUT2D eigenvalue weighted by molar-refractivity contribution is -0.385. The van der Waals surface area contributed by atoms with Crippen LogP contribution in [0.3, 0.4) is 0 Å². The van der Waals surface area contributed by atoms with Gasteiger partial charge in [-0.2, -0.15) is 5.10 Å². The fraction of sp³-hybridized carbons (Fsp3) is 0.231. The Labute approximate surface area is 115 Å². The van der Waals surface area contributed by atoms with E-state index in [1.54, 1.807) is 43.2 Å². The number of aryl methyl sites for hydroxylation is 2. The highest BCUT2D eigenvalue weighted by molar-refractivity contribution is 5.94. The third-order valence-corrected chi connectivity index (χ3v) is 2.88. The standard InChI is InChI=1S/C13H14N4O3/c1-9-3-4-11(5-12(9)17(19)20)13(18)14-6-10-7-15-16(2)8-10/h3-5,7-8H,6H2,1-2H3,(H,14,18). The molecule has 0 aliphatic heterocycles. The van der Waals surface area contributed by atoms with Gasteiger partial charge in [-0.15, -0.1) is 0 Å². The van der Waals surface area contributed by atoms with Crippen LogP contribution < -0.4 is 5.32 Å². The number of nitro benzene ring substituents is 1. The molecule has 2 aromatic rings. The first-order chi connectivity index (χ1) is 9.47. The minimum absolute atomic E-state index is 0.0565. The van der Waals surface area contributed by atoms with Gasteiger partial charge in [0.15, 0.2) is 0 Å². The lowest BCUT2D eigenvalue weighted by Gasteiger charge is -2.04. The van der Waals surface area contributed by atoms with Crippen molar-refractivity contribution in [1.82, 2.24) is 15.1 Å². The lowest BCUT2D eigenvalue weighted by atomic mass is 10.1. The van der Waals surface area contributed by atoms with E-state index < -0.39 is 4.92 Å². The van der Waals surface area contributed by atoms with E-state index in [1.165, 1.54) is 6.07 Å². The summed E-state index contributed by atoms with van der Waals surface area (Å²) in [5, 5.41) is 17.5. The first kappa shape index (κ1) is 13.7. The highest BCUT2D eigenvalue weighted by Gasteiger charge is 2.14. The monoisotopic (exact) mass is 274 g/mol. The van der Waals surface area contributed by atoms with Crippen LogP contribution in [0.2, 0.25) is 0 Å².